The number of hydrogen-bond donors (Lipinski definition) is 8. The van der Waals surface area contributed by atoms with Crippen LogP contribution >= 0.6 is 0 Å². The van der Waals surface area contributed by atoms with Gasteiger partial charge in [0.1, 0.15) is 23.9 Å². The van der Waals surface area contributed by atoms with E-state index in [2.05, 4.69) is 16.0 Å². The summed E-state index contributed by atoms with van der Waals surface area (Å²) in [6, 6.07) is -0.250. The highest BCUT2D eigenvalue weighted by molar-refractivity contribution is 5.97. The van der Waals surface area contributed by atoms with Gasteiger partial charge >= 0.3 is 11.9 Å². The van der Waals surface area contributed by atoms with Crippen LogP contribution in [-0.2, 0) is 35.2 Å². The van der Waals surface area contributed by atoms with Crippen LogP contribution in [0.5, 0.6) is 5.75 Å². The van der Waals surface area contributed by atoms with Gasteiger partial charge in [0.15, 0.2) is 0 Å². The summed E-state index contributed by atoms with van der Waals surface area (Å²) in [6.45, 7) is 3.63. The first-order chi connectivity index (χ1) is 17.2. The van der Waals surface area contributed by atoms with E-state index in [9.17, 15) is 39.0 Å². The van der Waals surface area contributed by atoms with Crippen molar-refractivity contribution in [3.05, 3.63) is 29.8 Å². The molecule has 0 saturated carbocycles. The standard InChI is InChI=1S/C23H33N5O9/c1-11(2)7-14(24)20(33)26-16(10-19(31)32)22(35)27-15(9-18(25)30)21(34)28-17(23(36)37)8-12-3-5-13(29)6-4-12/h3-6,11,14-17,29H,7-10,24H2,1-2H3,(H2,25,30)(H,26,33)(H,27,35)(H,28,34)(H,31,32)(H,36,37)/t14-,15-,16-,17-/m0/s1. The number of primary amides is 1. The van der Waals surface area contributed by atoms with E-state index >= 15 is 0 Å². The SMILES string of the molecule is CC(C)C[C@H](N)C(=O)N[C@@H](CC(=O)O)C(=O)N[C@@H](CC(N)=O)C(=O)N[C@@H](Cc1ccc(O)cc1)C(=O)O. The van der Waals surface area contributed by atoms with Crippen molar-refractivity contribution in [3.8, 4) is 5.75 Å². The lowest BCUT2D eigenvalue weighted by Crippen LogP contribution is -2.58. The zero-order valence-corrected chi connectivity index (χ0v) is 20.5. The number of nitrogens with two attached hydrogens (primary N) is 2. The number of carbonyl (C=O) groups is 6. The molecular weight excluding hydrogens is 490 g/mol. The van der Waals surface area contributed by atoms with Gasteiger partial charge in [0.2, 0.25) is 23.6 Å². The molecule has 10 N–H and O–H groups in total. The molecule has 37 heavy (non-hydrogen) atoms. The molecule has 0 spiro atoms. The number of rotatable bonds is 15. The Kier molecular flexibility index (Phi) is 12.0. The van der Waals surface area contributed by atoms with Gasteiger partial charge in [0.25, 0.3) is 0 Å². The molecule has 1 aromatic rings. The molecule has 0 aromatic heterocycles. The van der Waals surface area contributed by atoms with Crippen LogP contribution in [0.2, 0.25) is 0 Å². The molecule has 0 aliphatic carbocycles. The van der Waals surface area contributed by atoms with Crippen LogP contribution in [0.1, 0.15) is 38.7 Å². The van der Waals surface area contributed by atoms with Crippen LogP contribution in [0.15, 0.2) is 24.3 Å². The summed E-state index contributed by atoms with van der Waals surface area (Å²) < 4.78 is 0. The van der Waals surface area contributed by atoms with E-state index in [4.69, 9.17) is 16.6 Å². The summed E-state index contributed by atoms with van der Waals surface area (Å²) in [6.07, 6.45) is -1.51. The van der Waals surface area contributed by atoms with Crippen molar-refractivity contribution in [2.24, 2.45) is 17.4 Å². The number of amides is 4. The van der Waals surface area contributed by atoms with Crippen LogP contribution < -0.4 is 27.4 Å². The van der Waals surface area contributed by atoms with Gasteiger partial charge in [-0.2, -0.15) is 0 Å². The largest absolute Gasteiger partial charge is 0.508 e. The van der Waals surface area contributed by atoms with Gasteiger partial charge < -0.3 is 42.7 Å². The third kappa shape index (κ3) is 11.4. The maximum Gasteiger partial charge on any atom is 0.326 e. The molecule has 0 unspecified atom stereocenters. The minimum Gasteiger partial charge on any atom is -0.508 e. The minimum atomic E-state index is -1.66. The molecule has 14 heteroatoms. The van der Waals surface area contributed by atoms with E-state index in [0.717, 1.165) is 0 Å². The molecule has 4 atom stereocenters. The molecule has 0 saturated heterocycles. The number of carboxylic acids is 2. The van der Waals surface area contributed by atoms with Crippen molar-refractivity contribution in [1.82, 2.24) is 16.0 Å². The number of nitrogens with one attached hydrogen (secondary N) is 3. The number of aromatic hydroxyl groups is 1. The topological polar surface area (TPSA) is 251 Å². The molecule has 0 aliphatic heterocycles. The van der Waals surface area contributed by atoms with E-state index < -0.39 is 72.6 Å². The second kappa shape index (κ2) is 14.4. The lowest BCUT2D eigenvalue weighted by Gasteiger charge is -2.24. The average molecular weight is 524 g/mol. The molecule has 0 bridgehead atoms. The van der Waals surface area contributed by atoms with Crippen molar-refractivity contribution in [1.29, 1.82) is 0 Å². The third-order valence-corrected chi connectivity index (χ3v) is 5.10. The first-order valence-electron chi connectivity index (χ1n) is 11.4. The zero-order valence-electron chi connectivity index (χ0n) is 20.5. The number of carboxylic acid groups (broad SMARTS) is 2. The van der Waals surface area contributed by atoms with Crippen molar-refractivity contribution in [2.75, 3.05) is 0 Å². The van der Waals surface area contributed by atoms with Crippen LogP contribution in [0.25, 0.3) is 0 Å². The van der Waals surface area contributed by atoms with Crippen molar-refractivity contribution < 1.29 is 44.1 Å². The molecule has 0 radical (unpaired) electrons. The van der Waals surface area contributed by atoms with Crippen LogP contribution in [-0.4, -0.2) is 75.1 Å². The molecule has 0 fully saturated rings. The van der Waals surface area contributed by atoms with E-state index in [1.165, 1.54) is 24.3 Å². The highest BCUT2D eigenvalue weighted by atomic mass is 16.4. The summed E-state index contributed by atoms with van der Waals surface area (Å²) in [5.74, 6) is -6.84. The fraction of sp³-hybridized carbons (Fsp3) is 0.478. The third-order valence-electron chi connectivity index (χ3n) is 5.10. The second-order valence-electron chi connectivity index (χ2n) is 8.90. The number of phenolic OH excluding ortho intramolecular Hbond substituents is 1. The van der Waals surface area contributed by atoms with E-state index in [-0.39, 0.29) is 24.5 Å². The molecule has 1 rings (SSSR count). The Hall–Kier alpha value is -4.20. The first-order valence-corrected chi connectivity index (χ1v) is 11.4. The normalized spacial score (nSPS) is 14.1. The van der Waals surface area contributed by atoms with E-state index in [0.29, 0.717) is 5.56 Å². The van der Waals surface area contributed by atoms with Crippen molar-refractivity contribution >= 4 is 35.6 Å². The molecule has 14 nitrogen and oxygen atoms in total. The summed E-state index contributed by atoms with van der Waals surface area (Å²) in [5.41, 5.74) is 11.4. The van der Waals surface area contributed by atoms with E-state index in [1.54, 1.807) is 0 Å². The number of hydrogen-bond acceptors (Lipinski definition) is 8. The molecule has 0 aliphatic rings. The fourth-order valence-electron chi connectivity index (χ4n) is 3.30. The van der Waals surface area contributed by atoms with Crippen molar-refractivity contribution in [3.63, 3.8) is 0 Å². The number of carbonyl (C=O) groups excluding carboxylic acids is 4. The molecule has 1 aromatic carbocycles. The van der Waals surface area contributed by atoms with Gasteiger partial charge in [-0.1, -0.05) is 26.0 Å². The summed E-state index contributed by atoms with van der Waals surface area (Å²) in [7, 11) is 0. The number of phenols is 1. The lowest BCUT2D eigenvalue weighted by molar-refractivity contribution is -0.143. The number of benzene rings is 1. The quantitative estimate of drug-likeness (QED) is 0.128. The Morgan fingerprint density at radius 2 is 1.30 bits per heavy atom. The highest BCUT2D eigenvalue weighted by Crippen LogP contribution is 2.12. The summed E-state index contributed by atoms with van der Waals surface area (Å²) >= 11 is 0. The lowest BCUT2D eigenvalue weighted by atomic mass is 10.0. The molecule has 204 valence electrons. The Morgan fingerprint density at radius 3 is 1.76 bits per heavy atom. The highest BCUT2D eigenvalue weighted by Gasteiger charge is 2.32. The first kappa shape index (κ1) is 30.8. The predicted octanol–water partition coefficient (Wildman–Crippen LogP) is -1.80. The van der Waals surface area contributed by atoms with Gasteiger partial charge in [0.05, 0.1) is 18.9 Å². The Morgan fingerprint density at radius 1 is 0.811 bits per heavy atom. The Labute approximate surface area is 212 Å². The Balaban J connectivity index is 3.03. The van der Waals surface area contributed by atoms with Crippen LogP contribution in [0.4, 0.5) is 0 Å². The zero-order chi connectivity index (χ0) is 28.3. The monoisotopic (exact) mass is 523 g/mol. The minimum absolute atomic E-state index is 0.0416. The van der Waals surface area contributed by atoms with Gasteiger partial charge in [-0.25, -0.2) is 4.79 Å². The summed E-state index contributed by atoms with van der Waals surface area (Å²) in [5, 5.41) is 34.6. The molecule has 0 heterocycles. The molecule has 4 amide bonds. The predicted molar refractivity (Wildman–Crippen MR) is 129 cm³/mol. The smallest absolute Gasteiger partial charge is 0.326 e. The second-order valence-corrected chi connectivity index (χ2v) is 8.90. The van der Waals surface area contributed by atoms with Gasteiger partial charge in [-0.15, -0.1) is 0 Å². The van der Waals surface area contributed by atoms with E-state index in [1.807, 2.05) is 13.8 Å². The van der Waals surface area contributed by atoms with Crippen LogP contribution in [0.3, 0.4) is 0 Å². The maximum absolute atomic E-state index is 12.8. The van der Waals surface area contributed by atoms with Crippen LogP contribution in [0, 0.1) is 5.92 Å². The fourth-order valence-corrected chi connectivity index (χ4v) is 3.30. The average Bonchev–Trinajstić information content (AvgIpc) is 2.77. The maximum atomic E-state index is 12.8. The number of aliphatic carboxylic acids is 2. The Bertz CT molecular complexity index is 997. The van der Waals surface area contributed by atoms with Gasteiger partial charge in [-0.3, -0.25) is 24.0 Å². The van der Waals surface area contributed by atoms with Gasteiger partial charge in [0, 0.05) is 6.42 Å². The summed E-state index contributed by atoms with van der Waals surface area (Å²) in [4.78, 5) is 72.4. The van der Waals surface area contributed by atoms with Crippen molar-refractivity contribution in [2.45, 2.75) is 63.7 Å². The molecular formula is C23H33N5O9. The van der Waals surface area contributed by atoms with Gasteiger partial charge in [-0.05, 0) is 30.0 Å².